The van der Waals surface area contributed by atoms with Crippen molar-refractivity contribution in [2.24, 2.45) is 0 Å². The van der Waals surface area contributed by atoms with Crippen LogP contribution < -0.4 is 14.2 Å². The topological polar surface area (TPSA) is 61.8 Å². The summed E-state index contributed by atoms with van der Waals surface area (Å²) in [5, 5.41) is 0. The summed E-state index contributed by atoms with van der Waals surface area (Å²) >= 11 is 0. The number of carbonyl (C=O) groups excluding carboxylic acids is 2. The number of ether oxygens (including phenoxy) is 3. The third-order valence-corrected chi connectivity index (χ3v) is 3.86. The predicted molar refractivity (Wildman–Crippen MR) is 102 cm³/mol. The minimum Gasteiger partial charge on any atom is -0.490 e. The van der Waals surface area contributed by atoms with E-state index in [1.165, 1.54) is 0 Å². The van der Waals surface area contributed by atoms with Crippen LogP contribution in [-0.4, -0.2) is 18.5 Å². The molecular formula is C21H32O5. The van der Waals surface area contributed by atoms with Crippen molar-refractivity contribution in [3.8, 4) is 17.2 Å². The Bertz CT molecular complexity index is 553. The van der Waals surface area contributed by atoms with Crippen molar-refractivity contribution in [3.63, 3.8) is 0 Å². The smallest absolute Gasteiger partial charge is 0.311 e. The van der Waals surface area contributed by atoms with Gasteiger partial charge in [-0.15, -0.1) is 0 Å². The van der Waals surface area contributed by atoms with Gasteiger partial charge in [0.2, 0.25) is 5.75 Å². The van der Waals surface area contributed by atoms with E-state index in [0.29, 0.717) is 25.2 Å². The van der Waals surface area contributed by atoms with Gasteiger partial charge in [-0.25, -0.2) is 0 Å². The van der Waals surface area contributed by atoms with Crippen molar-refractivity contribution in [2.45, 2.75) is 78.6 Å². The number of hydrogen-bond acceptors (Lipinski definition) is 5. The summed E-state index contributed by atoms with van der Waals surface area (Å²) in [5.41, 5.74) is 0. The molecule has 0 saturated heterocycles. The number of benzene rings is 1. The fourth-order valence-electron chi connectivity index (χ4n) is 2.31. The Balaban J connectivity index is 2.90. The number of carbonyl (C=O) groups is 2. The molecule has 146 valence electrons. The molecule has 0 fully saturated rings. The van der Waals surface area contributed by atoms with Gasteiger partial charge in [0.05, 0.1) is 6.61 Å². The van der Waals surface area contributed by atoms with Crippen LogP contribution >= 0.6 is 0 Å². The van der Waals surface area contributed by atoms with Crippen molar-refractivity contribution in [1.29, 1.82) is 0 Å². The Morgan fingerprint density at radius 3 is 1.96 bits per heavy atom. The van der Waals surface area contributed by atoms with Crippen molar-refractivity contribution in [1.82, 2.24) is 0 Å². The van der Waals surface area contributed by atoms with Crippen LogP contribution in [0.2, 0.25) is 0 Å². The van der Waals surface area contributed by atoms with E-state index in [4.69, 9.17) is 14.2 Å². The zero-order chi connectivity index (χ0) is 19.2. The normalized spacial score (nSPS) is 10.4. The standard InChI is InChI=1S/C21H32O5/c1-4-7-10-16-24-17-12-11-13-18(25-19(22)14-8-5-2)21(17)26-20(23)15-9-6-3/h11-13H,4-10,14-16H2,1-3H3. The lowest BCUT2D eigenvalue weighted by Crippen LogP contribution is -2.13. The van der Waals surface area contributed by atoms with E-state index in [0.717, 1.165) is 44.9 Å². The maximum atomic E-state index is 12.1. The third kappa shape index (κ3) is 8.37. The number of unbranched alkanes of at least 4 members (excludes halogenated alkanes) is 4. The Kier molecular flexibility index (Phi) is 11.2. The highest BCUT2D eigenvalue weighted by Gasteiger charge is 2.18. The van der Waals surface area contributed by atoms with Crippen LogP contribution in [0, 0.1) is 0 Å². The Morgan fingerprint density at radius 2 is 1.35 bits per heavy atom. The van der Waals surface area contributed by atoms with Crippen molar-refractivity contribution >= 4 is 11.9 Å². The van der Waals surface area contributed by atoms with Gasteiger partial charge < -0.3 is 14.2 Å². The Hall–Kier alpha value is -2.04. The van der Waals surface area contributed by atoms with Crippen LogP contribution in [0.5, 0.6) is 17.2 Å². The highest BCUT2D eigenvalue weighted by molar-refractivity contribution is 5.77. The first-order chi connectivity index (χ1) is 12.6. The molecule has 0 saturated carbocycles. The zero-order valence-electron chi connectivity index (χ0n) is 16.3. The first-order valence-electron chi connectivity index (χ1n) is 9.79. The number of esters is 2. The molecule has 26 heavy (non-hydrogen) atoms. The van der Waals surface area contributed by atoms with Gasteiger partial charge in [-0.3, -0.25) is 9.59 Å². The molecular weight excluding hydrogens is 332 g/mol. The number of hydrogen-bond donors (Lipinski definition) is 0. The third-order valence-electron chi connectivity index (χ3n) is 3.86. The lowest BCUT2D eigenvalue weighted by Gasteiger charge is -2.15. The van der Waals surface area contributed by atoms with Crippen LogP contribution in [0.3, 0.4) is 0 Å². The van der Waals surface area contributed by atoms with Crippen LogP contribution in [0.25, 0.3) is 0 Å². The summed E-state index contributed by atoms with van der Waals surface area (Å²) in [4.78, 5) is 24.1. The molecule has 0 N–H and O–H groups in total. The highest BCUT2D eigenvalue weighted by Crippen LogP contribution is 2.38. The highest BCUT2D eigenvalue weighted by atomic mass is 16.6. The number of rotatable bonds is 13. The molecule has 5 nitrogen and oxygen atoms in total. The van der Waals surface area contributed by atoms with Crippen molar-refractivity contribution in [3.05, 3.63) is 18.2 Å². The molecule has 0 bridgehead atoms. The molecule has 1 rings (SSSR count). The second-order valence-corrected chi connectivity index (χ2v) is 6.29. The average Bonchev–Trinajstić information content (AvgIpc) is 2.64. The predicted octanol–water partition coefficient (Wildman–Crippen LogP) is 5.45. The first-order valence-corrected chi connectivity index (χ1v) is 9.79. The lowest BCUT2D eigenvalue weighted by atomic mass is 10.2. The minimum absolute atomic E-state index is 0.204. The second kappa shape index (κ2) is 13.2. The fraction of sp³-hybridized carbons (Fsp3) is 0.619. The lowest BCUT2D eigenvalue weighted by molar-refractivity contribution is -0.137. The van der Waals surface area contributed by atoms with Gasteiger partial charge in [0.25, 0.3) is 0 Å². The zero-order valence-corrected chi connectivity index (χ0v) is 16.3. The molecule has 0 unspecified atom stereocenters. The van der Waals surface area contributed by atoms with E-state index < -0.39 is 0 Å². The molecule has 5 heteroatoms. The van der Waals surface area contributed by atoms with E-state index in [9.17, 15) is 9.59 Å². The summed E-state index contributed by atoms with van der Waals surface area (Å²) in [5.74, 6) is 0.203. The van der Waals surface area contributed by atoms with Crippen LogP contribution in [0.15, 0.2) is 18.2 Å². The molecule has 0 heterocycles. The maximum Gasteiger partial charge on any atom is 0.311 e. The van der Waals surface area contributed by atoms with Crippen LogP contribution in [-0.2, 0) is 9.59 Å². The molecule has 1 aromatic carbocycles. The van der Waals surface area contributed by atoms with E-state index in [-0.39, 0.29) is 23.4 Å². The van der Waals surface area contributed by atoms with Gasteiger partial charge in [0, 0.05) is 12.8 Å². The minimum atomic E-state index is -0.345. The van der Waals surface area contributed by atoms with Crippen LogP contribution in [0.1, 0.15) is 78.6 Å². The average molecular weight is 364 g/mol. The van der Waals surface area contributed by atoms with Crippen LogP contribution in [0.4, 0.5) is 0 Å². The summed E-state index contributed by atoms with van der Waals surface area (Å²) < 4.78 is 16.7. The Morgan fingerprint density at radius 1 is 0.769 bits per heavy atom. The molecule has 0 aliphatic heterocycles. The molecule has 0 aliphatic rings. The summed E-state index contributed by atoms with van der Waals surface area (Å²) in [6.07, 6.45) is 7.07. The fourth-order valence-corrected chi connectivity index (χ4v) is 2.31. The summed E-state index contributed by atoms with van der Waals surface area (Å²) in [7, 11) is 0. The molecule has 0 radical (unpaired) electrons. The Labute approximate surface area is 157 Å². The van der Waals surface area contributed by atoms with E-state index >= 15 is 0 Å². The van der Waals surface area contributed by atoms with Gasteiger partial charge in [0.15, 0.2) is 11.5 Å². The molecule has 0 atom stereocenters. The number of para-hydroxylation sites is 1. The molecule has 0 aliphatic carbocycles. The quantitative estimate of drug-likeness (QED) is 0.265. The van der Waals surface area contributed by atoms with Gasteiger partial charge >= 0.3 is 11.9 Å². The summed E-state index contributed by atoms with van der Waals surface area (Å²) in [6.45, 7) is 6.68. The maximum absolute atomic E-state index is 12.1. The van der Waals surface area contributed by atoms with E-state index in [2.05, 4.69) is 6.92 Å². The monoisotopic (exact) mass is 364 g/mol. The van der Waals surface area contributed by atoms with Gasteiger partial charge in [-0.1, -0.05) is 52.5 Å². The summed E-state index contributed by atoms with van der Waals surface area (Å²) in [6, 6.07) is 5.10. The second-order valence-electron chi connectivity index (χ2n) is 6.29. The molecule has 1 aromatic rings. The van der Waals surface area contributed by atoms with E-state index in [1.807, 2.05) is 13.8 Å². The van der Waals surface area contributed by atoms with Gasteiger partial charge in [-0.05, 0) is 31.4 Å². The SMILES string of the molecule is CCCCCOc1cccc(OC(=O)CCCC)c1OC(=O)CCCC. The molecule has 0 amide bonds. The molecule has 0 aromatic heterocycles. The largest absolute Gasteiger partial charge is 0.490 e. The van der Waals surface area contributed by atoms with Crippen molar-refractivity contribution < 1.29 is 23.8 Å². The van der Waals surface area contributed by atoms with Gasteiger partial charge in [-0.2, -0.15) is 0 Å². The van der Waals surface area contributed by atoms with Crippen molar-refractivity contribution in [2.75, 3.05) is 6.61 Å². The molecule has 0 spiro atoms. The van der Waals surface area contributed by atoms with E-state index in [1.54, 1.807) is 18.2 Å². The first kappa shape index (κ1) is 22.0. The van der Waals surface area contributed by atoms with Gasteiger partial charge in [0.1, 0.15) is 0 Å².